The second-order valence-corrected chi connectivity index (χ2v) is 5.45. The van der Waals surface area contributed by atoms with Crippen LogP contribution in [0.4, 0.5) is 11.4 Å². The largest absolute Gasteiger partial charge is 0.399 e. The number of carbonyl (C=O) groups is 1. The number of anilines is 2. The zero-order valence-corrected chi connectivity index (χ0v) is 12.3. The van der Waals surface area contributed by atoms with E-state index in [2.05, 4.69) is 11.8 Å². The highest BCUT2D eigenvalue weighted by Gasteiger charge is 2.19. The first kappa shape index (κ1) is 14.7. The number of likely N-dealkylation sites (tertiary alicyclic amines) is 1. The van der Waals surface area contributed by atoms with Gasteiger partial charge >= 0.3 is 0 Å². The summed E-state index contributed by atoms with van der Waals surface area (Å²) in [5.41, 5.74) is 7.56. The summed E-state index contributed by atoms with van der Waals surface area (Å²) in [6, 6.07) is 7.77. The van der Waals surface area contributed by atoms with E-state index in [1.165, 1.54) is 6.42 Å². The van der Waals surface area contributed by atoms with Gasteiger partial charge in [0.1, 0.15) is 0 Å². The molecule has 1 heterocycles. The highest BCUT2D eigenvalue weighted by atomic mass is 16.2. The second kappa shape index (κ2) is 7.17. The maximum absolute atomic E-state index is 12.4. The Morgan fingerprint density at radius 1 is 1.20 bits per heavy atom. The molecule has 1 saturated heterocycles. The van der Waals surface area contributed by atoms with Crippen LogP contribution in [0.2, 0.25) is 0 Å². The van der Waals surface area contributed by atoms with Crippen LogP contribution in [-0.4, -0.2) is 37.0 Å². The molecule has 1 aliphatic rings. The average molecular weight is 275 g/mol. The molecule has 1 aliphatic heterocycles. The average Bonchev–Trinajstić information content (AvgIpc) is 2.48. The summed E-state index contributed by atoms with van der Waals surface area (Å²) >= 11 is 0. The van der Waals surface area contributed by atoms with Crippen molar-refractivity contribution < 1.29 is 4.79 Å². The summed E-state index contributed by atoms with van der Waals surface area (Å²) in [5.74, 6) is 0.245. The minimum atomic E-state index is 0.245. The minimum Gasteiger partial charge on any atom is -0.399 e. The molecule has 1 amide bonds. The number of piperidine rings is 1. The zero-order valence-electron chi connectivity index (χ0n) is 12.3. The van der Waals surface area contributed by atoms with E-state index >= 15 is 0 Å². The maximum atomic E-state index is 12.4. The van der Waals surface area contributed by atoms with Gasteiger partial charge < -0.3 is 15.5 Å². The molecule has 4 heteroatoms. The molecule has 1 aromatic rings. The van der Waals surface area contributed by atoms with Gasteiger partial charge in [-0.2, -0.15) is 0 Å². The molecule has 0 atom stereocenters. The third kappa shape index (κ3) is 3.89. The monoisotopic (exact) mass is 275 g/mol. The number of rotatable bonds is 5. The van der Waals surface area contributed by atoms with Gasteiger partial charge in [0, 0.05) is 31.0 Å². The van der Waals surface area contributed by atoms with Gasteiger partial charge in [0.15, 0.2) is 0 Å². The molecule has 0 aromatic heterocycles. The molecule has 0 spiro atoms. The normalized spacial score (nSPS) is 15.2. The van der Waals surface area contributed by atoms with Crippen LogP contribution in [-0.2, 0) is 4.79 Å². The van der Waals surface area contributed by atoms with Crippen molar-refractivity contribution in [1.29, 1.82) is 0 Å². The van der Waals surface area contributed by atoms with Crippen molar-refractivity contribution in [2.45, 2.75) is 32.6 Å². The first-order valence-electron chi connectivity index (χ1n) is 7.59. The molecule has 20 heavy (non-hydrogen) atoms. The molecule has 2 rings (SSSR count). The predicted octanol–water partition coefficient (Wildman–Crippen LogP) is 2.50. The summed E-state index contributed by atoms with van der Waals surface area (Å²) in [4.78, 5) is 16.5. The summed E-state index contributed by atoms with van der Waals surface area (Å²) in [7, 11) is 0. The molecule has 0 saturated carbocycles. The van der Waals surface area contributed by atoms with Crippen LogP contribution in [0.1, 0.15) is 32.6 Å². The van der Waals surface area contributed by atoms with Crippen LogP contribution < -0.4 is 10.6 Å². The van der Waals surface area contributed by atoms with Crippen LogP contribution >= 0.6 is 0 Å². The molecular formula is C16H25N3O. The highest BCUT2D eigenvalue weighted by molar-refractivity contribution is 5.81. The molecular weight excluding hydrogens is 250 g/mol. The Morgan fingerprint density at radius 3 is 2.45 bits per heavy atom. The Hall–Kier alpha value is -1.71. The van der Waals surface area contributed by atoms with Gasteiger partial charge in [0.05, 0.1) is 6.54 Å². The Kier molecular flexibility index (Phi) is 5.27. The summed E-state index contributed by atoms with van der Waals surface area (Å²) in [6.45, 7) is 5.33. The Bertz CT molecular complexity index is 424. The van der Waals surface area contributed by atoms with Gasteiger partial charge in [-0.15, -0.1) is 0 Å². The van der Waals surface area contributed by atoms with E-state index in [0.29, 0.717) is 6.54 Å². The van der Waals surface area contributed by atoms with Gasteiger partial charge in [-0.25, -0.2) is 0 Å². The molecule has 1 aromatic carbocycles. The fourth-order valence-corrected chi connectivity index (χ4v) is 2.66. The number of hydrogen-bond donors (Lipinski definition) is 1. The van der Waals surface area contributed by atoms with Gasteiger partial charge in [-0.05, 0) is 49.9 Å². The zero-order chi connectivity index (χ0) is 14.4. The summed E-state index contributed by atoms with van der Waals surface area (Å²) in [6.07, 6.45) is 4.56. The van der Waals surface area contributed by atoms with E-state index in [-0.39, 0.29) is 5.91 Å². The lowest BCUT2D eigenvalue weighted by molar-refractivity contribution is -0.130. The molecule has 4 nitrogen and oxygen atoms in total. The lowest BCUT2D eigenvalue weighted by atomic mass is 10.1. The van der Waals surface area contributed by atoms with E-state index in [1.54, 1.807) is 0 Å². The highest BCUT2D eigenvalue weighted by Crippen LogP contribution is 2.17. The van der Waals surface area contributed by atoms with Crippen molar-refractivity contribution in [3.8, 4) is 0 Å². The van der Waals surface area contributed by atoms with Crippen molar-refractivity contribution in [2.75, 3.05) is 36.8 Å². The van der Waals surface area contributed by atoms with Gasteiger partial charge in [-0.3, -0.25) is 4.79 Å². The van der Waals surface area contributed by atoms with E-state index in [0.717, 1.165) is 50.3 Å². The van der Waals surface area contributed by atoms with E-state index < -0.39 is 0 Å². The van der Waals surface area contributed by atoms with Crippen LogP contribution in [0.5, 0.6) is 0 Å². The number of nitrogens with two attached hydrogens (primary N) is 1. The lowest BCUT2D eigenvalue weighted by Crippen LogP contribution is -2.43. The third-order valence-corrected chi connectivity index (χ3v) is 3.79. The third-order valence-electron chi connectivity index (χ3n) is 3.79. The smallest absolute Gasteiger partial charge is 0.242 e. The van der Waals surface area contributed by atoms with Gasteiger partial charge in [0.25, 0.3) is 0 Å². The molecule has 0 unspecified atom stereocenters. The van der Waals surface area contributed by atoms with Crippen LogP contribution in [0.25, 0.3) is 0 Å². The number of nitrogens with zero attached hydrogens (tertiary/aromatic N) is 2. The molecule has 110 valence electrons. The SMILES string of the molecule is CCCN(CC(=O)N1CCCCC1)c1ccc(N)cc1. The lowest BCUT2D eigenvalue weighted by Gasteiger charge is -2.31. The van der Waals surface area contributed by atoms with Crippen molar-refractivity contribution in [3.63, 3.8) is 0 Å². The Balaban J connectivity index is 2.01. The Morgan fingerprint density at radius 2 is 1.85 bits per heavy atom. The number of benzene rings is 1. The minimum absolute atomic E-state index is 0.245. The summed E-state index contributed by atoms with van der Waals surface area (Å²) in [5, 5.41) is 0. The van der Waals surface area contributed by atoms with Crippen molar-refractivity contribution in [3.05, 3.63) is 24.3 Å². The first-order chi connectivity index (χ1) is 9.70. The van der Waals surface area contributed by atoms with E-state index in [4.69, 9.17) is 5.73 Å². The first-order valence-corrected chi connectivity index (χ1v) is 7.59. The number of hydrogen-bond acceptors (Lipinski definition) is 3. The van der Waals surface area contributed by atoms with Crippen LogP contribution in [0, 0.1) is 0 Å². The van der Waals surface area contributed by atoms with Crippen LogP contribution in [0.15, 0.2) is 24.3 Å². The fraction of sp³-hybridized carbons (Fsp3) is 0.562. The number of carbonyl (C=O) groups excluding carboxylic acids is 1. The number of nitrogen functional groups attached to an aromatic ring is 1. The Labute approximate surface area is 121 Å². The predicted molar refractivity (Wildman–Crippen MR) is 83.8 cm³/mol. The standard InChI is InChI=1S/C16H25N3O/c1-2-10-19(15-8-6-14(17)7-9-15)13-16(20)18-11-4-3-5-12-18/h6-9H,2-5,10-13,17H2,1H3. The molecule has 0 radical (unpaired) electrons. The van der Waals surface area contributed by atoms with Gasteiger partial charge in [-0.1, -0.05) is 6.92 Å². The molecule has 0 bridgehead atoms. The van der Waals surface area contributed by atoms with E-state index in [1.807, 2.05) is 29.2 Å². The quantitative estimate of drug-likeness (QED) is 0.840. The number of amides is 1. The molecule has 1 fully saturated rings. The van der Waals surface area contributed by atoms with E-state index in [9.17, 15) is 4.79 Å². The summed E-state index contributed by atoms with van der Waals surface area (Å²) < 4.78 is 0. The molecule has 0 aliphatic carbocycles. The van der Waals surface area contributed by atoms with Crippen LogP contribution in [0.3, 0.4) is 0 Å². The van der Waals surface area contributed by atoms with Crippen molar-refractivity contribution in [1.82, 2.24) is 4.90 Å². The van der Waals surface area contributed by atoms with Crippen molar-refractivity contribution >= 4 is 17.3 Å². The topological polar surface area (TPSA) is 49.6 Å². The molecule has 2 N–H and O–H groups in total. The van der Waals surface area contributed by atoms with Crippen molar-refractivity contribution in [2.24, 2.45) is 0 Å². The fourth-order valence-electron chi connectivity index (χ4n) is 2.66. The second-order valence-electron chi connectivity index (χ2n) is 5.45. The maximum Gasteiger partial charge on any atom is 0.242 e. The van der Waals surface area contributed by atoms with Gasteiger partial charge in [0.2, 0.25) is 5.91 Å².